The molecule has 110 valence electrons. The molecule has 2 atom stereocenters. The van der Waals surface area contributed by atoms with Crippen LogP contribution in [0.25, 0.3) is 0 Å². The Bertz CT molecular complexity index is 451. The first kappa shape index (κ1) is 15.6. The molecular formula is C15H20Cl2N2O. The molecule has 1 aromatic carbocycles. The maximum atomic E-state index is 12.0. The lowest BCUT2D eigenvalue weighted by Crippen LogP contribution is -2.39. The Morgan fingerprint density at radius 1 is 1.20 bits per heavy atom. The van der Waals surface area contributed by atoms with Gasteiger partial charge in [-0.2, -0.15) is 0 Å². The van der Waals surface area contributed by atoms with Crippen molar-refractivity contribution < 1.29 is 4.79 Å². The Balaban J connectivity index is 0.00000147. The number of fused-ring (bicyclic) bond motifs is 2. The number of halogens is 2. The van der Waals surface area contributed by atoms with Gasteiger partial charge in [0.25, 0.3) is 0 Å². The van der Waals surface area contributed by atoms with Gasteiger partial charge in [-0.3, -0.25) is 4.79 Å². The number of anilines is 1. The largest absolute Gasteiger partial charge is 0.326 e. The summed E-state index contributed by atoms with van der Waals surface area (Å²) in [6, 6.07) is 8.56. The molecule has 2 unspecified atom stereocenters. The monoisotopic (exact) mass is 314 g/mol. The second-order valence-corrected chi connectivity index (χ2v) is 6.17. The molecule has 1 aromatic rings. The van der Waals surface area contributed by atoms with Gasteiger partial charge in [0.05, 0.1) is 0 Å². The lowest BCUT2D eigenvalue weighted by atomic mass is 9.89. The van der Waals surface area contributed by atoms with Crippen LogP contribution >= 0.6 is 24.0 Å². The quantitative estimate of drug-likeness (QED) is 0.894. The third kappa shape index (κ3) is 3.87. The van der Waals surface area contributed by atoms with Crippen molar-refractivity contribution in [3.63, 3.8) is 0 Å². The molecule has 2 bridgehead atoms. The first-order valence-corrected chi connectivity index (χ1v) is 7.38. The lowest BCUT2D eigenvalue weighted by Gasteiger charge is -2.28. The van der Waals surface area contributed by atoms with Gasteiger partial charge in [0, 0.05) is 29.2 Å². The molecule has 0 saturated carbocycles. The molecule has 0 aromatic heterocycles. The fraction of sp³-hybridized carbons (Fsp3) is 0.533. The van der Waals surface area contributed by atoms with E-state index in [0.29, 0.717) is 29.4 Å². The summed E-state index contributed by atoms with van der Waals surface area (Å²) in [4.78, 5) is 12.0. The Kier molecular flexibility index (Phi) is 5.30. The van der Waals surface area contributed by atoms with Crippen LogP contribution in [0.15, 0.2) is 24.3 Å². The number of carbonyl (C=O) groups excluding carboxylic acids is 1. The minimum absolute atomic E-state index is 0. The number of piperidine rings is 1. The summed E-state index contributed by atoms with van der Waals surface area (Å²) in [6.45, 7) is 0. The minimum atomic E-state index is 0. The third-order valence-corrected chi connectivity index (χ3v) is 4.42. The molecule has 0 spiro atoms. The summed E-state index contributed by atoms with van der Waals surface area (Å²) in [7, 11) is 0. The van der Waals surface area contributed by atoms with Gasteiger partial charge in [0.15, 0.2) is 0 Å². The summed E-state index contributed by atoms with van der Waals surface area (Å²) in [5.74, 6) is 0.652. The van der Waals surface area contributed by atoms with E-state index in [0.717, 1.165) is 18.5 Å². The van der Waals surface area contributed by atoms with Crippen LogP contribution in [-0.4, -0.2) is 18.0 Å². The van der Waals surface area contributed by atoms with Crippen LogP contribution in [-0.2, 0) is 4.79 Å². The van der Waals surface area contributed by atoms with Crippen LogP contribution in [0, 0.1) is 5.92 Å². The van der Waals surface area contributed by atoms with E-state index in [4.69, 9.17) is 11.6 Å². The third-order valence-electron chi connectivity index (χ3n) is 4.17. The Labute approximate surface area is 130 Å². The van der Waals surface area contributed by atoms with Crippen molar-refractivity contribution in [2.24, 2.45) is 5.92 Å². The van der Waals surface area contributed by atoms with Crippen molar-refractivity contribution in [1.29, 1.82) is 0 Å². The molecule has 0 radical (unpaired) electrons. The van der Waals surface area contributed by atoms with Crippen LogP contribution in [0.5, 0.6) is 0 Å². The smallest absolute Gasteiger partial charge is 0.224 e. The summed E-state index contributed by atoms with van der Waals surface area (Å²) in [6.07, 6.45) is 5.48. The van der Waals surface area contributed by atoms with Crippen molar-refractivity contribution in [2.45, 2.75) is 44.2 Å². The predicted octanol–water partition coefficient (Wildman–Crippen LogP) is 3.62. The van der Waals surface area contributed by atoms with Gasteiger partial charge < -0.3 is 10.6 Å². The van der Waals surface area contributed by atoms with E-state index in [2.05, 4.69) is 10.6 Å². The van der Waals surface area contributed by atoms with Crippen LogP contribution in [0.3, 0.4) is 0 Å². The van der Waals surface area contributed by atoms with Gasteiger partial charge in [-0.25, -0.2) is 0 Å². The topological polar surface area (TPSA) is 41.1 Å². The number of nitrogens with one attached hydrogen (secondary N) is 2. The molecule has 20 heavy (non-hydrogen) atoms. The van der Waals surface area contributed by atoms with E-state index in [1.807, 2.05) is 12.1 Å². The second-order valence-electron chi connectivity index (χ2n) is 5.73. The second kappa shape index (κ2) is 6.79. The van der Waals surface area contributed by atoms with Crippen molar-refractivity contribution in [3.05, 3.63) is 29.3 Å². The van der Waals surface area contributed by atoms with Gasteiger partial charge in [-0.05, 0) is 55.9 Å². The highest BCUT2D eigenvalue weighted by molar-refractivity contribution is 6.30. The molecule has 2 heterocycles. The number of hydrogen-bond acceptors (Lipinski definition) is 2. The molecule has 2 fully saturated rings. The van der Waals surface area contributed by atoms with Crippen LogP contribution in [0.2, 0.25) is 5.02 Å². The van der Waals surface area contributed by atoms with Crippen molar-refractivity contribution in [3.8, 4) is 0 Å². The Morgan fingerprint density at radius 3 is 2.40 bits per heavy atom. The zero-order valence-corrected chi connectivity index (χ0v) is 12.8. The molecule has 0 aliphatic carbocycles. The molecule has 2 aliphatic heterocycles. The standard InChI is InChI=1S/C15H19ClN2O.ClH/c16-11-1-3-12(4-2-11)18-15(19)9-10-7-13-5-6-14(8-10)17-13;/h1-4,10,13-14,17H,5-9H2,(H,18,19);1H. The van der Waals surface area contributed by atoms with Gasteiger partial charge in [-0.15, -0.1) is 12.4 Å². The summed E-state index contributed by atoms with van der Waals surface area (Å²) >= 11 is 5.82. The number of hydrogen-bond donors (Lipinski definition) is 2. The van der Waals surface area contributed by atoms with E-state index in [-0.39, 0.29) is 18.3 Å². The average Bonchev–Trinajstić information content (AvgIpc) is 2.72. The van der Waals surface area contributed by atoms with Gasteiger partial charge in [-0.1, -0.05) is 11.6 Å². The fourth-order valence-electron chi connectivity index (χ4n) is 3.35. The predicted molar refractivity (Wildman–Crippen MR) is 84.6 cm³/mol. The average molecular weight is 315 g/mol. The molecular weight excluding hydrogens is 295 g/mol. The maximum absolute atomic E-state index is 12.0. The van der Waals surface area contributed by atoms with Gasteiger partial charge >= 0.3 is 0 Å². The van der Waals surface area contributed by atoms with Crippen molar-refractivity contribution in [1.82, 2.24) is 5.32 Å². The maximum Gasteiger partial charge on any atom is 0.224 e. The zero-order chi connectivity index (χ0) is 13.2. The first-order valence-electron chi connectivity index (χ1n) is 7.00. The Hall–Kier alpha value is -0.770. The molecule has 3 nitrogen and oxygen atoms in total. The highest BCUT2D eigenvalue weighted by Crippen LogP contribution is 2.32. The number of rotatable bonds is 3. The van der Waals surface area contributed by atoms with Gasteiger partial charge in [0.2, 0.25) is 5.91 Å². The van der Waals surface area contributed by atoms with Crippen LogP contribution in [0.4, 0.5) is 5.69 Å². The van der Waals surface area contributed by atoms with Crippen molar-refractivity contribution in [2.75, 3.05) is 5.32 Å². The highest BCUT2D eigenvalue weighted by atomic mass is 35.5. The van der Waals surface area contributed by atoms with E-state index in [1.54, 1.807) is 12.1 Å². The normalized spacial score (nSPS) is 27.8. The molecule has 1 amide bonds. The number of amides is 1. The SMILES string of the molecule is Cl.O=C(CC1CC2CCC(C1)N2)Nc1ccc(Cl)cc1. The van der Waals surface area contributed by atoms with Crippen LogP contribution in [0.1, 0.15) is 32.1 Å². The summed E-state index contributed by atoms with van der Waals surface area (Å²) < 4.78 is 0. The van der Waals surface area contributed by atoms with E-state index < -0.39 is 0 Å². The molecule has 3 rings (SSSR count). The highest BCUT2D eigenvalue weighted by Gasteiger charge is 2.34. The molecule has 2 saturated heterocycles. The van der Waals surface area contributed by atoms with E-state index in [9.17, 15) is 4.79 Å². The molecule has 5 heteroatoms. The van der Waals surface area contributed by atoms with Crippen LogP contribution < -0.4 is 10.6 Å². The number of benzene rings is 1. The van der Waals surface area contributed by atoms with Gasteiger partial charge in [0.1, 0.15) is 0 Å². The zero-order valence-electron chi connectivity index (χ0n) is 11.3. The van der Waals surface area contributed by atoms with E-state index >= 15 is 0 Å². The summed E-state index contributed by atoms with van der Waals surface area (Å²) in [5.41, 5.74) is 0.825. The molecule has 2 aliphatic rings. The minimum Gasteiger partial charge on any atom is -0.326 e. The Morgan fingerprint density at radius 2 is 1.80 bits per heavy atom. The number of carbonyl (C=O) groups is 1. The molecule has 2 N–H and O–H groups in total. The summed E-state index contributed by atoms with van der Waals surface area (Å²) in [5, 5.41) is 7.24. The fourth-order valence-corrected chi connectivity index (χ4v) is 3.48. The first-order chi connectivity index (χ1) is 9.19. The van der Waals surface area contributed by atoms with E-state index in [1.165, 1.54) is 12.8 Å². The van der Waals surface area contributed by atoms with Crippen molar-refractivity contribution >= 4 is 35.6 Å². The lowest BCUT2D eigenvalue weighted by molar-refractivity contribution is -0.117.